The van der Waals surface area contributed by atoms with E-state index < -0.39 is 56.5 Å². The molecule has 0 fully saturated rings. The smallest absolute Gasteiger partial charge is 0.297 e. The molecule has 0 saturated heterocycles. The number of aromatic hydroxyl groups is 1. The summed E-state index contributed by atoms with van der Waals surface area (Å²) in [6.45, 7) is 1.65. The van der Waals surface area contributed by atoms with Crippen LogP contribution >= 0.6 is 11.6 Å². The van der Waals surface area contributed by atoms with Crippen LogP contribution in [0.3, 0.4) is 0 Å². The molecule has 0 aliphatic rings. The number of rotatable bonds is 11. The van der Waals surface area contributed by atoms with E-state index in [2.05, 4.69) is 56.1 Å². The van der Waals surface area contributed by atoms with Crippen molar-refractivity contribution in [3.63, 3.8) is 0 Å². The summed E-state index contributed by atoms with van der Waals surface area (Å²) in [5.41, 5.74) is 5.72. The summed E-state index contributed by atoms with van der Waals surface area (Å²) in [7, 11) is -14.8. The summed E-state index contributed by atoms with van der Waals surface area (Å²) in [5, 5.41) is 27.1. The number of azo groups is 1. The molecule has 0 saturated carbocycles. The molecule has 302 valence electrons. The first-order valence-corrected chi connectivity index (χ1v) is 20.9. The minimum absolute atomic E-state index is 0.0226. The molecule has 2 heterocycles. The quantitative estimate of drug-likeness (QED) is 0.0545. The van der Waals surface area contributed by atoms with E-state index in [9.17, 15) is 44.0 Å². The summed E-state index contributed by atoms with van der Waals surface area (Å²) in [5.74, 6) is -0.383. The van der Waals surface area contributed by atoms with Crippen LogP contribution in [0.4, 0.5) is 52.2 Å². The van der Waals surface area contributed by atoms with Gasteiger partial charge < -0.3 is 26.8 Å². The second-order valence-corrected chi connectivity index (χ2v) is 16.7. The lowest BCUT2D eigenvalue weighted by molar-refractivity contribution is 0.480. The molecule has 0 spiro atoms. The summed E-state index contributed by atoms with van der Waals surface area (Å²) in [6.07, 6.45) is 0. The van der Waals surface area contributed by atoms with Crippen LogP contribution in [-0.4, -0.2) is 73.9 Å². The first kappa shape index (κ1) is 40.5. The van der Waals surface area contributed by atoms with Crippen molar-refractivity contribution in [2.24, 2.45) is 10.2 Å². The molecule has 9 N–H and O–H groups in total. The van der Waals surface area contributed by atoms with E-state index >= 15 is 0 Å². The monoisotopic (exact) mass is 880 g/mol. The number of nitrogen functional groups attached to an aromatic ring is 1. The molecule has 7 aromatic rings. The van der Waals surface area contributed by atoms with Crippen LogP contribution in [0.5, 0.6) is 5.75 Å². The molecule has 26 heteroatoms. The van der Waals surface area contributed by atoms with E-state index in [4.69, 9.17) is 17.3 Å². The van der Waals surface area contributed by atoms with E-state index in [1.807, 2.05) is 0 Å². The largest absolute Gasteiger partial charge is 0.505 e. The molecule has 0 radical (unpaired) electrons. The van der Waals surface area contributed by atoms with Crippen LogP contribution in [0.1, 0.15) is 5.82 Å². The Balaban J connectivity index is 1.26. The van der Waals surface area contributed by atoms with Gasteiger partial charge in [0, 0.05) is 27.5 Å². The normalized spacial score (nSPS) is 12.3. The standard InChI is InChI=1S/C33H25ClN12O10S3/c1-15-36-30(35)43-31(37-15)38-17-4-2-5-18(13-17)39-32-41-29(34)42-33(44-32)40-24-14-19(57(48,49)50)12-16-8-10-22(27(47)26(16)24)45-46-23-11-9-20-21(28(23)59(54,55)56)6-3-7-25(20)58(51,52)53/h2-14,47H,1H3,(H,48,49,50)(H,51,52,53)(H,54,55,56)(H3,35,36,37,38,43)(H2,39,40,41,42,44). The Bertz CT molecular complexity index is 3230. The summed E-state index contributed by atoms with van der Waals surface area (Å²) >= 11 is 6.24. The fourth-order valence-electron chi connectivity index (χ4n) is 5.78. The predicted octanol–water partition coefficient (Wildman–Crippen LogP) is 6.00. The van der Waals surface area contributed by atoms with Crippen molar-refractivity contribution in [1.29, 1.82) is 0 Å². The number of hydrogen-bond acceptors (Lipinski definition) is 19. The van der Waals surface area contributed by atoms with Crippen molar-refractivity contribution in [1.82, 2.24) is 29.9 Å². The second-order valence-electron chi connectivity index (χ2n) is 12.2. The number of aromatic nitrogens is 6. The maximum atomic E-state index is 12.5. The maximum absolute atomic E-state index is 12.5. The molecule has 22 nitrogen and oxygen atoms in total. The Kier molecular flexibility index (Phi) is 10.4. The molecular weight excluding hydrogens is 856 g/mol. The van der Waals surface area contributed by atoms with Gasteiger partial charge in [-0.15, -0.1) is 10.2 Å². The zero-order chi connectivity index (χ0) is 42.4. The lowest BCUT2D eigenvalue weighted by atomic mass is 10.1. The highest BCUT2D eigenvalue weighted by Crippen LogP contribution is 2.43. The number of fused-ring (bicyclic) bond motifs is 2. The molecule has 0 unspecified atom stereocenters. The molecule has 5 aromatic carbocycles. The number of hydrogen-bond donors (Lipinski definition) is 8. The number of anilines is 7. The first-order valence-electron chi connectivity index (χ1n) is 16.2. The minimum atomic E-state index is -5.11. The Hall–Kier alpha value is -6.74. The van der Waals surface area contributed by atoms with E-state index in [-0.39, 0.29) is 62.0 Å². The molecule has 2 aromatic heterocycles. The average molecular weight is 881 g/mol. The number of nitrogens with two attached hydrogens (primary N) is 1. The Morgan fingerprint density at radius 1 is 0.644 bits per heavy atom. The third kappa shape index (κ3) is 8.89. The van der Waals surface area contributed by atoms with Crippen LogP contribution in [-0.2, 0) is 30.4 Å². The van der Waals surface area contributed by atoms with Gasteiger partial charge in [-0.3, -0.25) is 13.7 Å². The number of phenols is 1. The molecule has 0 bridgehead atoms. The number of halogens is 1. The van der Waals surface area contributed by atoms with Crippen molar-refractivity contribution in [2.45, 2.75) is 21.6 Å². The Morgan fingerprint density at radius 2 is 1.27 bits per heavy atom. The fourth-order valence-corrected chi connectivity index (χ4v) is 8.02. The Labute approximate surface area is 337 Å². The summed E-state index contributed by atoms with van der Waals surface area (Å²) < 4.78 is 103. The second kappa shape index (κ2) is 15.2. The van der Waals surface area contributed by atoms with Gasteiger partial charge >= 0.3 is 0 Å². The van der Waals surface area contributed by atoms with Crippen LogP contribution in [0, 0.1) is 6.92 Å². The highest BCUT2D eigenvalue weighted by atomic mass is 35.5. The zero-order valence-electron chi connectivity index (χ0n) is 29.5. The molecular formula is C33H25ClN12O10S3. The third-order valence-corrected chi connectivity index (χ3v) is 10.9. The Morgan fingerprint density at radius 3 is 1.92 bits per heavy atom. The molecule has 7 rings (SSSR count). The lowest BCUT2D eigenvalue weighted by Gasteiger charge is -2.14. The summed E-state index contributed by atoms with van der Waals surface area (Å²) in [4.78, 5) is 22.5. The molecule has 0 amide bonds. The van der Waals surface area contributed by atoms with Crippen molar-refractivity contribution < 1.29 is 44.0 Å². The van der Waals surface area contributed by atoms with Gasteiger partial charge in [0.25, 0.3) is 30.4 Å². The van der Waals surface area contributed by atoms with E-state index in [0.29, 0.717) is 17.2 Å². The first-order chi connectivity index (χ1) is 27.7. The number of phenolic OH excluding ortho intramolecular Hbond substituents is 1. The number of nitrogens with zero attached hydrogens (tertiary/aromatic N) is 8. The van der Waals surface area contributed by atoms with Crippen molar-refractivity contribution >= 4 is 116 Å². The lowest BCUT2D eigenvalue weighted by Crippen LogP contribution is -2.06. The van der Waals surface area contributed by atoms with Gasteiger partial charge in [0.1, 0.15) is 27.0 Å². The van der Waals surface area contributed by atoms with Crippen LogP contribution in [0.15, 0.2) is 104 Å². The summed E-state index contributed by atoms with van der Waals surface area (Å²) in [6, 6.07) is 16.7. The van der Waals surface area contributed by atoms with Crippen LogP contribution < -0.4 is 21.7 Å². The SMILES string of the molecule is Cc1nc(N)nc(Nc2cccc(Nc3nc(Cl)nc(Nc4cc(S(=O)(=O)O)cc5ccc(N=Nc6ccc7c(S(=O)(=O)O)cccc7c6S(=O)(=O)O)c(O)c45)n3)c2)n1. The van der Waals surface area contributed by atoms with Crippen LogP contribution in [0.2, 0.25) is 5.28 Å². The van der Waals surface area contributed by atoms with Gasteiger partial charge in [-0.25, -0.2) is 0 Å². The van der Waals surface area contributed by atoms with Gasteiger partial charge in [-0.1, -0.05) is 30.3 Å². The molecule has 0 atom stereocenters. The number of aryl methyl sites for hydroxylation is 1. The predicted molar refractivity (Wildman–Crippen MR) is 213 cm³/mol. The third-order valence-electron chi connectivity index (χ3n) is 8.09. The molecule has 59 heavy (non-hydrogen) atoms. The van der Waals surface area contributed by atoms with E-state index in [1.165, 1.54) is 18.2 Å². The van der Waals surface area contributed by atoms with Gasteiger partial charge in [-0.2, -0.15) is 55.2 Å². The van der Waals surface area contributed by atoms with Crippen LogP contribution in [0.25, 0.3) is 21.5 Å². The molecule has 0 aliphatic heterocycles. The van der Waals surface area contributed by atoms with Crippen molar-refractivity contribution in [2.75, 3.05) is 21.7 Å². The topological polar surface area (TPSA) is 348 Å². The average Bonchev–Trinajstić information content (AvgIpc) is 3.12. The number of benzene rings is 5. The van der Waals surface area contributed by atoms with E-state index in [0.717, 1.165) is 36.4 Å². The zero-order valence-corrected chi connectivity index (χ0v) is 32.7. The maximum Gasteiger partial charge on any atom is 0.297 e. The van der Waals surface area contributed by atoms with Gasteiger partial charge in [0.2, 0.25) is 29.1 Å². The van der Waals surface area contributed by atoms with Gasteiger partial charge in [0.15, 0.2) is 5.75 Å². The fraction of sp³-hybridized carbons (Fsp3) is 0.0303. The van der Waals surface area contributed by atoms with Crippen molar-refractivity contribution in [3.05, 3.63) is 90.0 Å². The highest BCUT2D eigenvalue weighted by molar-refractivity contribution is 7.86. The van der Waals surface area contributed by atoms with E-state index in [1.54, 1.807) is 31.2 Å². The number of nitrogens with one attached hydrogen (secondary N) is 3. The van der Waals surface area contributed by atoms with Gasteiger partial charge in [0.05, 0.1) is 10.6 Å². The minimum Gasteiger partial charge on any atom is -0.505 e. The molecule has 0 aliphatic carbocycles. The van der Waals surface area contributed by atoms with Gasteiger partial charge in [-0.05, 0) is 72.4 Å². The highest BCUT2D eigenvalue weighted by Gasteiger charge is 2.24. The van der Waals surface area contributed by atoms with Crippen molar-refractivity contribution in [3.8, 4) is 5.75 Å².